The third-order valence-electron chi connectivity index (χ3n) is 1.83. The predicted molar refractivity (Wildman–Crippen MR) is 48.4 cm³/mol. The van der Waals surface area contributed by atoms with Crippen LogP contribution < -0.4 is 10.6 Å². The van der Waals surface area contributed by atoms with Crippen molar-refractivity contribution in [2.45, 2.75) is 13.5 Å². The zero-order valence-corrected chi connectivity index (χ0v) is 7.70. The summed E-state index contributed by atoms with van der Waals surface area (Å²) < 4.78 is 5.03. The molecule has 1 rings (SSSR count). The SMILES string of the molecule is COc1cc(C)c(O)c(CON)c1. The number of aryl methyl sites for hydroxylation is 1. The minimum Gasteiger partial charge on any atom is -0.507 e. The van der Waals surface area contributed by atoms with Crippen molar-refractivity contribution in [1.29, 1.82) is 0 Å². The lowest BCUT2D eigenvalue weighted by Crippen LogP contribution is -2.00. The normalized spacial score (nSPS) is 10.1. The molecule has 0 saturated carbocycles. The highest BCUT2D eigenvalue weighted by atomic mass is 16.6. The number of ether oxygens (including phenoxy) is 1. The number of methoxy groups -OCH3 is 1. The lowest BCUT2D eigenvalue weighted by atomic mass is 10.1. The van der Waals surface area contributed by atoms with Crippen LogP contribution in [0.2, 0.25) is 0 Å². The average Bonchev–Trinajstić information content (AvgIpc) is 2.13. The number of aromatic hydroxyl groups is 1. The number of rotatable bonds is 3. The van der Waals surface area contributed by atoms with Crippen molar-refractivity contribution in [3.63, 3.8) is 0 Å². The van der Waals surface area contributed by atoms with E-state index < -0.39 is 0 Å². The molecule has 0 heterocycles. The van der Waals surface area contributed by atoms with E-state index in [2.05, 4.69) is 4.84 Å². The molecule has 13 heavy (non-hydrogen) atoms. The molecule has 0 aliphatic carbocycles. The molecule has 0 aliphatic rings. The summed E-state index contributed by atoms with van der Waals surface area (Å²) in [5, 5.41) is 9.56. The lowest BCUT2D eigenvalue weighted by Gasteiger charge is -2.08. The number of nitrogens with two attached hydrogens (primary N) is 1. The van der Waals surface area contributed by atoms with E-state index in [4.69, 9.17) is 10.6 Å². The molecule has 0 atom stereocenters. The fourth-order valence-corrected chi connectivity index (χ4v) is 1.13. The number of phenols is 1. The van der Waals surface area contributed by atoms with Gasteiger partial charge < -0.3 is 9.84 Å². The Morgan fingerprint density at radius 2 is 2.15 bits per heavy atom. The smallest absolute Gasteiger partial charge is 0.124 e. The Labute approximate surface area is 76.8 Å². The van der Waals surface area contributed by atoms with Crippen molar-refractivity contribution in [3.05, 3.63) is 23.3 Å². The number of benzene rings is 1. The summed E-state index contributed by atoms with van der Waals surface area (Å²) in [5.74, 6) is 5.80. The van der Waals surface area contributed by atoms with E-state index in [0.29, 0.717) is 11.3 Å². The van der Waals surface area contributed by atoms with Crippen LogP contribution in [0.25, 0.3) is 0 Å². The molecular formula is C9H13NO3. The van der Waals surface area contributed by atoms with E-state index in [1.165, 1.54) is 0 Å². The predicted octanol–water partition coefficient (Wildman–Crippen LogP) is 1.10. The highest BCUT2D eigenvalue weighted by molar-refractivity contribution is 5.45. The Kier molecular flexibility index (Phi) is 3.11. The third-order valence-corrected chi connectivity index (χ3v) is 1.83. The summed E-state index contributed by atoms with van der Waals surface area (Å²) in [6.07, 6.45) is 0. The van der Waals surface area contributed by atoms with Crippen molar-refractivity contribution in [3.8, 4) is 11.5 Å². The van der Waals surface area contributed by atoms with Gasteiger partial charge in [0.1, 0.15) is 11.5 Å². The highest BCUT2D eigenvalue weighted by Gasteiger charge is 2.06. The van der Waals surface area contributed by atoms with E-state index in [0.717, 1.165) is 5.56 Å². The molecule has 3 N–H and O–H groups in total. The molecule has 4 nitrogen and oxygen atoms in total. The number of hydrogen-bond donors (Lipinski definition) is 2. The second kappa shape index (κ2) is 4.11. The maximum Gasteiger partial charge on any atom is 0.124 e. The van der Waals surface area contributed by atoms with Crippen LogP contribution in [-0.2, 0) is 11.4 Å². The summed E-state index contributed by atoms with van der Waals surface area (Å²) >= 11 is 0. The molecule has 4 heteroatoms. The highest BCUT2D eigenvalue weighted by Crippen LogP contribution is 2.27. The van der Waals surface area contributed by atoms with E-state index in [1.54, 1.807) is 26.2 Å². The van der Waals surface area contributed by atoms with Crippen LogP contribution in [0.4, 0.5) is 0 Å². The van der Waals surface area contributed by atoms with Gasteiger partial charge in [0.05, 0.1) is 13.7 Å². The van der Waals surface area contributed by atoms with E-state index in [1.807, 2.05) is 0 Å². The Morgan fingerprint density at radius 1 is 1.46 bits per heavy atom. The molecule has 0 aromatic heterocycles. The first-order chi connectivity index (χ1) is 6.19. The fraction of sp³-hybridized carbons (Fsp3) is 0.333. The molecule has 0 bridgehead atoms. The molecule has 1 aromatic rings. The second-order valence-electron chi connectivity index (χ2n) is 2.76. The van der Waals surface area contributed by atoms with Crippen LogP contribution in [0.15, 0.2) is 12.1 Å². The first-order valence-electron chi connectivity index (χ1n) is 3.87. The summed E-state index contributed by atoms with van der Waals surface area (Å²) in [6, 6.07) is 3.44. The van der Waals surface area contributed by atoms with Crippen molar-refractivity contribution in [2.75, 3.05) is 7.11 Å². The lowest BCUT2D eigenvalue weighted by molar-refractivity contribution is 0.122. The van der Waals surface area contributed by atoms with Gasteiger partial charge in [-0.05, 0) is 24.6 Å². The quantitative estimate of drug-likeness (QED) is 0.689. The molecule has 72 valence electrons. The van der Waals surface area contributed by atoms with E-state index >= 15 is 0 Å². The molecule has 0 spiro atoms. The van der Waals surface area contributed by atoms with Crippen LogP contribution in [0.5, 0.6) is 11.5 Å². The topological polar surface area (TPSA) is 64.7 Å². The molecular weight excluding hydrogens is 170 g/mol. The molecule has 0 unspecified atom stereocenters. The van der Waals surface area contributed by atoms with Gasteiger partial charge in [-0.2, -0.15) is 0 Å². The zero-order valence-electron chi connectivity index (χ0n) is 7.70. The van der Waals surface area contributed by atoms with Gasteiger partial charge >= 0.3 is 0 Å². The van der Waals surface area contributed by atoms with Crippen LogP contribution in [0, 0.1) is 6.92 Å². The summed E-state index contributed by atoms with van der Waals surface area (Å²) in [7, 11) is 1.57. The first-order valence-corrected chi connectivity index (χ1v) is 3.87. The summed E-state index contributed by atoms with van der Waals surface area (Å²) in [4.78, 5) is 4.45. The molecule has 1 aromatic carbocycles. The summed E-state index contributed by atoms with van der Waals surface area (Å²) in [6.45, 7) is 1.96. The van der Waals surface area contributed by atoms with Gasteiger partial charge in [0.15, 0.2) is 0 Å². The molecule has 0 radical (unpaired) electrons. The maximum absolute atomic E-state index is 9.56. The molecule has 0 saturated heterocycles. The van der Waals surface area contributed by atoms with Crippen LogP contribution >= 0.6 is 0 Å². The standard InChI is InChI=1S/C9H13NO3/c1-6-3-8(12-2)4-7(5-13-10)9(6)11/h3-4,11H,5,10H2,1-2H3. The average molecular weight is 183 g/mol. The van der Waals surface area contributed by atoms with Gasteiger partial charge in [-0.1, -0.05) is 0 Å². The summed E-state index contributed by atoms with van der Waals surface area (Å²) in [5.41, 5.74) is 1.37. The van der Waals surface area contributed by atoms with Crippen LogP contribution in [0.1, 0.15) is 11.1 Å². The Morgan fingerprint density at radius 3 is 2.69 bits per heavy atom. The Hall–Kier alpha value is -1.26. The number of hydrogen-bond acceptors (Lipinski definition) is 4. The maximum atomic E-state index is 9.56. The van der Waals surface area contributed by atoms with Crippen molar-refractivity contribution >= 4 is 0 Å². The molecule has 0 fully saturated rings. The van der Waals surface area contributed by atoms with Crippen molar-refractivity contribution in [2.24, 2.45) is 5.90 Å². The van der Waals surface area contributed by atoms with Gasteiger partial charge in [0.2, 0.25) is 0 Å². The van der Waals surface area contributed by atoms with Crippen LogP contribution in [0.3, 0.4) is 0 Å². The minimum absolute atomic E-state index is 0.171. The van der Waals surface area contributed by atoms with E-state index in [9.17, 15) is 5.11 Å². The largest absolute Gasteiger partial charge is 0.507 e. The minimum atomic E-state index is 0.171. The zero-order chi connectivity index (χ0) is 9.84. The van der Waals surface area contributed by atoms with Gasteiger partial charge in [0.25, 0.3) is 0 Å². The Bertz CT molecular complexity index is 299. The molecule has 0 aliphatic heterocycles. The first kappa shape index (κ1) is 9.83. The van der Waals surface area contributed by atoms with Gasteiger partial charge in [0, 0.05) is 5.56 Å². The molecule has 0 amide bonds. The number of phenolic OH excluding ortho intramolecular Hbond substituents is 1. The fourth-order valence-electron chi connectivity index (χ4n) is 1.13. The van der Waals surface area contributed by atoms with Gasteiger partial charge in [-0.3, -0.25) is 4.84 Å². The third kappa shape index (κ3) is 2.11. The monoisotopic (exact) mass is 183 g/mol. The van der Waals surface area contributed by atoms with E-state index in [-0.39, 0.29) is 12.4 Å². The second-order valence-corrected chi connectivity index (χ2v) is 2.76. The van der Waals surface area contributed by atoms with Gasteiger partial charge in [-0.25, -0.2) is 5.90 Å². The van der Waals surface area contributed by atoms with Gasteiger partial charge in [-0.15, -0.1) is 0 Å². The van der Waals surface area contributed by atoms with Crippen LogP contribution in [-0.4, -0.2) is 12.2 Å². The van der Waals surface area contributed by atoms with Crippen molar-refractivity contribution in [1.82, 2.24) is 0 Å². The van der Waals surface area contributed by atoms with Crippen molar-refractivity contribution < 1.29 is 14.7 Å². The Balaban J connectivity index is 3.09.